The maximum absolute atomic E-state index is 12.5. The number of nitrogens with one attached hydrogen (secondary N) is 1. The number of carbonyl (C=O) groups is 1. The minimum atomic E-state index is -0.187. The topological polar surface area (TPSA) is 41.6 Å². The summed E-state index contributed by atoms with van der Waals surface area (Å²) in [4.78, 5) is 15.8. The van der Waals surface area contributed by atoms with Crippen LogP contribution in [0.1, 0.15) is 30.2 Å². The zero-order chi connectivity index (χ0) is 19.2. The number of piperidine rings is 1. The lowest BCUT2D eigenvalue weighted by Crippen LogP contribution is -2.55. The van der Waals surface area contributed by atoms with E-state index < -0.39 is 0 Å². The van der Waals surface area contributed by atoms with Gasteiger partial charge in [-0.15, -0.1) is 11.3 Å². The van der Waals surface area contributed by atoms with E-state index in [1.807, 2.05) is 24.1 Å². The van der Waals surface area contributed by atoms with Gasteiger partial charge in [0.25, 0.3) is 0 Å². The summed E-state index contributed by atoms with van der Waals surface area (Å²) in [5.74, 6) is 0. The second-order valence-electron chi connectivity index (χ2n) is 6.80. The maximum atomic E-state index is 12.5. The van der Waals surface area contributed by atoms with E-state index in [0.717, 1.165) is 25.8 Å². The summed E-state index contributed by atoms with van der Waals surface area (Å²) in [6.07, 6.45) is 4.81. The van der Waals surface area contributed by atoms with Crippen LogP contribution in [0, 0.1) is 6.92 Å². The van der Waals surface area contributed by atoms with Crippen LogP contribution in [-0.2, 0) is 11.2 Å². The largest absolute Gasteiger partial charge is 0.450 e. The molecule has 2 atom stereocenters. The number of hydrogen-bond donors (Lipinski definition) is 1. The summed E-state index contributed by atoms with van der Waals surface area (Å²) in [6, 6.07) is 10.9. The van der Waals surface area contributed by atoms with Gasteiger partial charge in [-0.05, 0) is 55.0 Å². The molecule has 1 aliphatic rings. The number of likely N-dealkylation sites (tertiary alicyclic amines) is 1. The van der Waals surface area contributed by atoms with Crippen LogP contribution < -0.4 is 4.72 Å². The predicted octanol–water partition coefficient (Wildman–Crippen LogP) is 5.12. The molecule has 1 fully saturated rings. The summed E-state index contributed by atoms with van der Waals surface area (Å²) in [6.45, 7) is 5.25. The molecule has 2 heterocycles. The first kappa shape index (κ1) is 20.2. The molecule has 2 unspecified atom stereocenters. The number of hydrogen-bond acceptors (Lipinski definition) is 5. The molecule has 1 aromatic carbocycles. The third-order valence-electron chi connectivity index (χ3n) is 5.17. The summed E-state index contributed by atoms with van der Waals surface area (Å²) in [5, 5.41) is 2.24. The van der Waals surface area contributed by atoms with E-state index in [9.17, 15) is 4.79 Å². The second-order valence-corrected chi connectivity index (χ2v) is 8.41. The van der Waals surface area contributed by atoms with Crippen molar-refractivity contribution in [1.82, 2.24) is 9.62 Å². The van der Waals surface area contributed by atoms with E-state index in [4.69, 9.17) is 4.74 Å². The number of benzene rings is 1. The summed E-state index contributed by atoms with van der Waals surface area (Å²) in [7, 11) is 0. The molecule has 1 saturated heterocycles. The molecule has 2 aromatic rings. The van der Waals surface area contributed by atoms with E-state index in [1.54, 1.807) is 23.3 Å². The van der Waals surface area contributed by atoms with Crippen LogP contribution in [0.25, 0.3) is 11.1 Å². The van der Waals surface area contributed by atoms with Crippen LogP contribution in [0.4, 0.5) is 4.79 Å². The molecule has 0 radical (unpaired) electrons. The highest BCUT2D eigenvalue weighted by Gasteiger charge is 2.35. The van der Waals surface area contributed by atoms with Crippen molar-refractivity contribution in [2.24, 2.45) is 0 Å². The zero-order valence-corrected chi connectivity index (χ0v) is 17.9. The van der Waals surface area contributed by atoms with Crippen LogP contribution in [-0.4, -0.2) is 42.5 Å². The molecular weight excluding hydrogens is 376 g/mol. The van der Waals surface area contributed by atoms with Crippen molar-refractivity contribution in [2.75, 3.05) is 19.4 Å². The molecular formula is C21H28N2O2S2. The van der Waals surface area contributed by atoms with Crippen LogP contribution in [0.3, 0.4) is 0 Å². The Morgan fingerprint density at radius 2 is 2.15 bits per heavy atom. The Morgan fingerprint density at radius 3 is 2.85 bits per heavy atom. The van der Waals surface area contributed by atoms with Crippen LogP contribution in [0.15, 0.2) is 35.7 Å². The standard InChI is InChI=1S/C21H28N2O2S2/c1-4-25-21(24)23-12-8-11-18(22-26-3)19(23)13-20-15(2)17(14-27-20)16-9-6-5-7-10-16/h5-7,9-10,14,18-19,22H,4,8,11-13H2,1-3H3. The molecule has 0 bridgehead atoms. The number of nitrogens with zero attached hydrogens (tertiary/aromatic N) is 1. The number of ether oxygens (including phenoxy) is 1. The Morgan fingerprint density at radius 1 is 1.37 bits per heavy atom. The minimum absolute atomic E-state index is 0.117. The van der Waals surface area contributed by atoms with Gasteiger partial charge in [0.1, 0.15) is 0 Å². The van der Waals surface area contributed by atoms with Crippen molar-refractivity contribution in [3.8, 4) is 11.1 Å². The average molecular weight is 405 g/mol. The lowest BCUT2D eigenvalue weighted by molar-refractivity contribution is 0.0685. The van der Waals surface area contributed by atoms with Gasteiger partial charge < -0.3 is 9.64 Å². The van der Waals surface area contributed by atoms with Gasteiger partial charge in [0.15, 0.2) is 0 Å². The van der Waals surface area contributed by atoms with E-state index in [1.165, 1.54) is 21.6 Å². The monoisotopic (exact) mass is 404 g/mol. The Hall–Kier alpha value is -1.50. The Labute approximate surface area is 170 Å². The molecule has 4 nitrogen and oxygen atoms in total. The van der Waals surface area contributed by atoms with Gasteiger partial charge in [0, 0.05) is 23.9 Å². The van der Waals surface area contributed by atoms with Crippen molar-refractivity contribution in [3.05, 3.63) is 46.2 Å². The van der Waals surface area contributed by atoms with E-state index in [2.05, 4.69) is 41.3 Å². The van der Waals surface area contributed by atoms with Crippen molar-refractivity contribution >= 4 is 29.4 Å². The number of amides is 1. The lowest BCUT2D eigenvalue weighted by Gasteiger charge is -2.40. The van der Waals surface area contributed by atoms with Crippen LogP contribution >= 0.6 is 23.3 Å². The van der Waals surface area contributed by atoms with Gasteiger partial charge in [-0.2, -0.15) is 0 Å². The van der Waals surface area contributed by atoms with Gasteiger partial charge in [0.2, 0.25) is 0 Å². The van der Waals surface area contributed by atoms with Gasteiger partial charge >= 0.3 is 6.09 Å². The molecule has 3 rings (SSSR count). The second kappa shape index (κ2) is 9.62. The van der Waals surface area contributed by atoms with Crippen molar-refractivity contribution < 1.29 is 9.53 Å². The molecule has 1 aromatic heterocycles. The third-order valence-corrected chi connectivity index (χ3v) is 6.82. The van der Waals surface area contributed by atoms with Crippen molar-refractivity contribution in [3.63, 3.8) is 0 Å². The average Bonchev–Trinajstić information content (AvgIpc) is 3.04. The Bertz CT molecular complexity index is 746. The molecule has 1 amide bonds. The zero-order valence-electron chi connectivity index (χ0n) is 16.2. The lowest BCUT2D eigenvalue weighted by atomic mass is 9.92. The van der Waals surface area contributed by atoms with Gasteiger partial charge in [-0.1, -0.05) is 42.3 Å². The fourth-order valence-corrected chi connectivity index (χ4v) is 5.49. The number of rotatable bonds is 6. The smallest absolute Gasteiger partial charge is 0.410 e. The van der Waals surface area contributed by atoms with E-state index in [0.29, 0.717) is 6.61 Å². The first-order chi connectivity index (χ1) is 13.2. The molecule has 6 heteroatoms. The van der Waals surface area contributed by atoms with Gasteiger partial charge in [-0.25, -0.2) is 4.79 Å². The van der Waals surface area contributed by atoms with Crippen molar-refractivity contribution in [2.45, 2.75) is 45.2 Å². The normalized spacial score (nSPS) is 19.9. The molecule has 146 valence electrons. The number of carbonyl (C=O) groups excluding carboxylic acids is 1. The fraction of sp³-hybridized carbons (Fsp3) is 0.476. The quantitative estimate of drug-likeness (QED) is 0.678. The molecule has 1 aliphatic heterocycles. The van der Waals surface area contributed by atoms with Gasteiger partial charge in [0.05, 0.1) is 12.6 Å². The molecule has 0 saturated carbocycles. The predicted molar refractivity (Wildman–Crippen MR) is 115 cm³/mol. The van der Waals surface area contributed by atoms with Crippen LogP contribution in [0.5, 0.6) is 0 Å². The first-order valence-electron chi connectivity index (χ1n) is 9.50. The van der Waals surface area contributed by atoms with Gasteiger partial charge in [-0.3, -0.25) is 4.72 Å². The highest BCUT2D eigenvalue weighted by atomic mass is 32.2. The van der Waals surface area contributed by atoms with Crippen molar-refractivity contribution in [1.29, 1.82) is 0 Å². The van der Waals surface area contributed by atoms with Crippen LogP contribution in [0.2, 0.25) is 0 Å². The SMILES string of the molecule is CCOC(=O)N1CCCC(NSC)C1Cc1scc(-c2ccccc2)c1C. The molecule has 1 N–H and O–H groups in total. The number of thiophene rings is 1. The van der Waals surface area contributed by atoms with E-state index >= 15 is 0 Å². The fourth-order valence-electron chi connectivity index (χ4n) is 3.78. The Balaban J connectivity index is 1.85. The third kappa shape index (κ3) is 4.68. The van der Waals surface area contributed by atoms with E-state index in [-0.39, 0.29) is 18.2 Å². The summed E-state index contributed by atoms with van der Waals surface area (Å²) in [5.41, 5.74) is 3.87. The highest BCUT2D eigenvalue weighted by molar-refractivity contribution is 7.96. The molecule has 0 spiro atoms. The minimum Gasteiger partial charge on any atom is -0.450 e. The Kier molecular flexibility index (Phi) is 7.21. The highest BCUT2D eigenvalue weighted by Crippen LogP contribution is 2.34. The molecule has 27 heavy (non-hydrogen) atoms. The molecule has 0 aliphatic carbocycles. The summed E-state index contributed by atoms with van der Waals surface area (Å²) >= 11 is 3.43. The maximum Gasteiger partial charge on any atom is 0.410 e. The summed E-state index contributed by atoms with van der Waals surface area (Å²) < 4.78 is 8.85. The first-order valence-corrected chi connectivity index (χ1v) is 11.6.